The van der Waals surface area contributed by atoms with Crippen LogP contribution in [0.25, 0.3) is 0 Å². The summed E-state index contributed by atoms with van der Waals surface area (Å²) in [6.45, 7) is 6.18. The van der Waals surface area contributed by atoms with Crippen molar-refractivity contribution in [3.8, 4) is 0 Å². The molecule has 7 nitrogen and oxygen atoms in total. The molecule has 2 aliphatic heterocycles. The van der Waals surface area contributed by atoms with Crippen molar-refractivity contribution in [1.82, 2.24) is 14.7 Å². The van der Waals surface area contributed by atoms with Gasteiger partial charge in [0.25, 0.3) is 0 Å². The summed E-state index contributed by atoms with van der Waals surface area (Å²) in [5, 5.41) is 0. The number of sulfone groups is 1. The Hall–Kier alpha value is -1.64. The van der Waals surface area contributed by atoms with Crippen LogP contribution in [0, 0.1) is 0 Å². The maximum atomic E-state index is 12.8. The van der Waals surface area contributed by atoms with Gasteiger partial charge in [-0.25, -0.2) is 8.42 Å². The van der Waals surface area contributed by atoms with Gasteiger partial charge in [-0.05, 0) is 43.6 Å². The molecular formula is C20H30ClN3O4S. The summed E-state index contributed by atoms with van der Waals surface area (Å²) in [4.78, 5) is 31.2. The quantitative estimate of drug-likeness (QED) is 0.683. The molecule has 9 heteroatoms. The van der Waals surface area contributed by atoms with Gasteiger partial charge in [-0.1, -0.05) is 12.1 Å². The minimum absolute atomic E-state index is 0. The first-order chi connectivity index (χ1) is 13.2. The number of rotatable bonds is 5. The Kier molecular flexibility index (Phi) is 8.08. The number of hydrogen-bond acceptors (Lipinski definition) is 5. The van der Waals surface area contributed by atoms with E-state index in [0.717, 1.165) is 25.2 Å². The highest BCUT2D eigenvalue weighted by atomic mass is 35.5. The van der Waals surface area contributed by atoms with Crippen LogP contribution < -0.4 is 0 Å². The molecule has 0 spiro atoms. The number of hydrogen-bond donors (Lipinski definition) is 0. The zero-order valence-corrected chi connectivity index (χ0v) is 18.7. The minimum Gasteiger partial charge on any atom is -0.339 e. The lowest BCUT2D eigenvalue weighted by atomic mass is 10.1. The third kappa shape index (κ3) is 6.17. The highest BCUT2D eigenvalue weighted by molar-refractivity contribution is 7.90. The number of halogens is 1. The van der Waals surface area contributed by atoms with E-state index in [2.05, 4.69) is 4.90 Å². The Balaban J connectivity index is 0.00000300. The van der Waals surface area contributed by atoms with E-state index in [9.17, 15) is 18.0 Å². The van der Waals surface area contributed by atoms with Crippen molar-refractivity contribution in [1.29, 1.82) is 0 Å². The third-order valence-electron chi connectivity index (χ3n) is 5.61. The summed E-state index contributed by atoms with van der Waals surface area (Å²) in [6.07, 6.45) is 3.79. The second-order valence-corrected chi connectivity index (χ2v) is 9.82. The first kappa shape index (κ1) is 23.6. The predicted octanol–water partition coefficient (Wildman–Crippen LogP) is 1.21. The van der Waals surface area contributed by atoms with Gasteiger partial charge in [0, 0.05) is 39.4 Å². The second kappa shape index (κ2) is 9.91. The van der Waals surface area contributed by atoms with Crippen LogP contribution >= 0.6 is 12.4 Å². The molecular weight excluding hydrogens is 414 g/mol. The second-order valence-electron chi connectivity index (χ2n) is 7.81. The molecule has 1 aromatic carbocycles. The normalized spacial score (nSPS) is 20.4. The largest absolute Gasteiger partial charge is 0.339 e. The molecule has 2 amide bonds. The molecule has 162 valence electrons. The van der Waals surface area contributed by atoms with Gasteiger partial charge >= 0.3 is 0 Å². The van der Waals surface area contributed by atoms with Crippen LogP contribution in [0.5, 0.6) is 0 Å². The molecule has 0 N–H and O–H groups in total. The van der Waals surface area contributed by atoms with Crippen LogP contribution in [-0.4, -0.2) is 86.5 Å². The fourth-order valence-electron chi connectivity index (χ4n) is 4.06. The number of piperazine rings is 1. The molecule has 0 radical (unpaired) electrons. The Morgan fingerprint density at radius 2 is 1.66 bits per heavy atom. The minimum atomic E-state index is -3.24. The van der Waals surface area contributed by atoms with Gasteiger partial charge < -0.3 is 14.7 Å². The molecule has 1 aromatic rings. The molecule has 2 fully saturated rings. The topological polar surface area (TPSA) is 78.0 Å². The van der Waals surface area contributed by atoms with E-state index in [-0.39, 0.29) is 41.6 Å². The van der Waals surface area contributed by atoms with Gasteiger partial charge in [0.15, 0.2) is 9.84 Å². The summed E-state index contributed by atoms with van der Waals surface area (Å²) in [6, 6.07) is 6.51. The number of nitrogens with zero attached hydrogens (tertiary/aromatic N) is 3. The van der Waals surface area contributed by atoms with E-state index < -0.39 is 9.84 Å². The van der Waals surface area contributed by atoms with Crippen LogP contribution in [-0.2, 0) is 25.8 Å². The number of likely N-dealkylation sites (tertiary alicyclic amines) is 1. The zero-order valence-electron chi connectivity index (χ0n) is 17.0. The van der Waals surface area contributed by atoms with Crippen LogP contribution in [0.2, 0.25) is 0 Å². The van der Waals surface area contributed by atoms with Gasteiger partial charge in [-0.2, -0.15) is 0 Å². The predicted molar refractivity (Wildman–Crippen MR) is 114 cm³/mol. The maximum absolute atomic E-state index is 12.8. The molecule has 1 unspecified atom stereocenters. The number of carbonyl (C=O) groups excluding carboxylic acids is 2. The monoisotopic (exact) mass is 443 g/mol. The van der Waals surface area contributed by atoms with E-state index in [1.54, 1.807) is 31.2 Å². The maximum Gasteiger partial charge on any atom is 0.227 e. The van der Waals surface area contributed by atoms with Gasteiger partial charge in [0.05, 0.1) is 17.4 Å². The van der Waals surface area contributed by atoms with Crippen molar-refractivity contribution in [2.75, 3.05) is 45.5 Å². The highest BCUT2D eigenvalue weighted by Crippen LogP contribution is 2.17. The Bertz CT molecular complexity index is 823. The first-order valence-corrected chi connectivity index (χ1v) is 11.7. The molecule has 2 heterocycles. The number of carbonyl (C=O) groups is 2. The molecule has 2 aliphatic rings. The third-order valence-corrected chi connectivity index (χ3v) is 6.74. The van der Waals surface area contributed by atoms with Crippen LogP contribution in [0.4, 0.5) is 0 Å². The summed E-state index contributed by atoms with van der Waals surface area (Å²) < 4.78 is 23.1. The standard InChI is InChI=1S/C20H29N3O4S.ClH/c1-16(24)23-12-11-22(15-18(23)14-21-9-3-4-10-21)20(25)13-17-5-7-19(8-6-17)28(2,26)27;/h5-8,18H,3-4,9-15H2,1-2H3;1H. The van der Waals surface area contributed by atoms with E-state index >= 15 is 0 Å². The van der Waals surface area contributed by atoms with Crippen molar-refractivity contribution in [2.45, 2.75) is 37.1 Å². The SMILES string of the molecule is CC(=O)N1CCN(C(=O)Cc2ccc(S(C)(=O)=O)cc2)CC1CN1CCCC1.Cl. The zero-order chi connectivity index (χ0) is 20.3. The average molecular weight is 444 g/mol. The Morgan fingerprint density at radius 1 is 1.03 bits per heavy atom. The Morgan fingerprint density at radius 3 is 2.21 bits per heavy atom. The van der Waals surface area contributed by atoms with Crippen molar-refractivity contribution < 1.29 is 18.0 Å². The highest BCUT2D eigenvalue weighted by Gasteiger charge is 2.32. The first-order valence-electron chi connectivity index (χ1n) is 9.80. The van der Waals surface area contributed by atoms with Gasteiger partial charge in [-0.15, -0.1) is 12.4 Å². The summed E-state index contributed by atoms with van der Waals surface area (Å²) >= 11 is 0. The molecule has 0 saturated carbocycles. The van der Waals surface area contributed by atoms with Crippen molar-refractivity contribution in [2.24, 2.45) is 0 Å². The van der Waals surface area contributed by atoms with Gasteiger partial charge in [0.2, 0.25) is 11.8 Å². The molecule has 0 aliphatic carbocycles. The summed E-state index contributed by atoms with van der Waals surface area (Å²) in [5.74, 6) is 0.0781. The average Bonchev–Trinajstić information content (AvgIpc) is 3.14. The van der Waals surface area contributed by atoms with Crippen molar-refractivity contribution in [3.05, 3.63) is 29.8 Å². The van der Waals surface area contributed by atoms with Gasteiger partial charge in [-0.3, -0.25) is 9.59 Å². The van der Waals surface area contributed by atoms with Crippen LogP contribution in [0.1, 0.15) is 25.3 Å². The molecule has 0 aromatic heterocycles. The van der Waals surface area contributed by atoms with Crippen molar-refractivity contribution >= 4 is 34.1 Å². The lowest BCUT2D eigenvalue weighted by molar-refractivity contribution is -0.141. The molecule has 29 heavy (non-hydrogen) atoms. The molecule has 1 atom stereocenters. The molecule has 2 saturated heterocycles. The summed E-state index contributed by atoms with van der Waals surface area (Å²) in [5.41, 5.74) is 0.794. The number of amides is 2. The van der Waals surface area contributed by atoms with Crippen molar-refractivity contribution in [3.63, 3.8) is 0 Å². The lowest BCUT2D eigenvalue weighted by Gasteiger charge is -2.42. The van der Waals surface area contributed by atoms with Crippen LogP contribution in [0.15, 0.2) is 29.2 Å². The molecule has 0 bridgehead atoms. The fraction of sp³-hybridized carbons (Fsp3) is 0.600. The fourth-order valence-corrected chi connectivity index (χ4v) is 4.69. The smallest absolute Gasteiger partial charge is 0.227 e. The van der Waals surface area contributed by atoms with Crippen LogP contribution in [0.3, 0.4) is 0 Å². The molecule has 3 rings (SSSR count). The summed E-state index contributed by atoms with van der Waals surface area (Å²) in [7, 11) is -3.24. The van der Waals surface area contributed by atoms with Gasteiger partial charge in [0.1, 0.15) is 0 Å². The Labute approximate surface area is 179 Å². The van der Waals surface area contributed by atoms with E-state index in [0.29, 0.717) is 19.6 Å². The van der Waals surface area contributed by atoms with E-state index in [1.165, 1.54) is 19.1 Å². The van der Waals surface area contributed by atoms with E-state index in [1.807, 2.05) is 9.80 Å². The van der Waals surface area contributed by atoms with E-state index in [4.69, 9.17) is 0 Å². The lowest BCUT2D eigenvalue weighted by Crippen LogP contribution is -2.59. The number of benzene rings is 1.